The zero-order valence-corrected chi connectivity index (χ0v) is 17.4. The van der Waals surface area contributed by atoms with Crippen LogP contribution < -0.4 is 10.2 Å². The van der Waals surface area contributed by atoms with Gasteiger partial charge >= 0.3 is 0 Å². The molecule has 1 fully saturated rings. The van der Waals surface area contributed by atoms with E-state index in [4.69, 9.17) is 4.74 Å². The normalized spacial score (nSPS) is 14.4. The SMILES string of the molecule is c1nc2c(Nc3ccc(N4CCOCC4)cc3)ncc(-c3ccc4ncsc4c3)n2n1. The number of hydrogen-bond donors (Lipinski definition) is 1. The van der Waals surface area contributed by atoms with Crippen LogP contribution in [0.15, 0.2) is 60.5 Å². The third-order valence-corrected chi connectivity index (χ3v) is 6.23. The van der Waals surface area contributed by atoms with Crippen LogP contribution >= 0.6 is 11.3 Å². The molecule has 6 rings (SSSR count). The number of rotatable bonds is 4. The van der Waals surface area contributed by atoms with Gasteiger partial charge in [0.2, 0.25) is 0 Å². The highest BCUT2D eigenvalue weighted by Crippen LogP contribution is 2.28. The van der Waals surface area contributed by atoms with Crippen LogP contribution in [0.4, 0.5) is 17.2 Å². The van der Waals surface area contributed by atoms with Gasteiger partial charge in [-0.25, -0.2) is 19.5 Å². The lowest BCUT2D eigenvalue weighted by molar-refractivity contribution is 0.122. The van der Waals surface area contributed by atoms with Crippen LogP contribution in [0.25, 0.3) is 27.1 Å². The minimum absolute atomic E-state index is 0.666. The predicted molar refractivity (Wildman–Crippen MR) is 122 cm³/mol. The fourth-order valence-electron chi connectivity index (χ4n) is 3.83. The summed E-state index contributed by atoms with van der Waals surface area (Å²) in [6, 6.07) is 14.5. The molecule has 154 valence electrons. The maximum absolute atomic E-state index is 5.44. The molecule has 0 amide bonds. The largest absolute Gasteiger partial charge is 0.378 e. The van der Waals surface area contributed by atoms with Gasteiger partial charge in [-0.15, -0.1) is 11.3 Å². The average Bonchev–Trinajstić information content (AvgIpc) is 3.50. The van der Waals surface area contributed by atoms with Crippen molar-refractivity contribution in [1.82, 2.24) is 24.6 Å². The van der Waals surface area contributed by atoms with Crippen LogP contribution in [-0.2, 0) is 4.74 Å². The number of aromatic nitrogens is 5. The molecule has 1 saturated heterocycles. The lowest BCUT2D eigenvalue weighted by Gasteiger charge is -2.28. The number of benzene rings is 2. The van der Waals surface area contributed by atoms with E-state index in [2.05, 4.69) is 60.6 Å². The molecule has 0 aliphatic carbocycles. The fraction of sp³-hybridized carbons (Fsp3) is 0.182. The van der Waals surface area contributed by atoms with Crippen molar-refractivity contribution in [2.45, 2.75) is 0 Å². The van der Waals surface area contributed by atoms with E-state index in [0.29, 0.717) is 11.5 Å². The molecule has 4 heterocycles. The maximum atomic E-state index is 5.44. The van der Waals surface area contributed by atoms with Crippen molar-refractivity contribution in [3.8, 4) is 11.3 Å². The summed E-state index contributed by atoms with van der Waals surface area (Å²) in [6.45, 7) is 3.39. The first-order valence-corrected chi connectivity index (χ1v) is 11.0. The molecule has 1 aliphatic heterocycles. The molecule has 0 unspecified atom stereocenters. The fourth-order valence-corrected chi connectivity index (χ4v) is 4.55. The summed E-state index contributed by atoms with van der Waals surface area (Å²) >= 11 is 1.62. The zero-order chi connectivity index (χ0) is 20.6. The monoisotopic (exact) mass is 429 g/mol. The summed E-state index contributed by atoms with van der Waals surface area (Å²) in [5.41, 5.74) is 7.60. The van der Waals surface area contributed by atoms with E-state index in [1.54, 1.807) is 17.7 Å². The van der Waals surface area contributed by atoms with E-state index < -0.39 is 0 Å². The first kappa shape index (κ1) is 18.2. The summed E-state index contributed by atoms with van der Waals surface area (Å²) < 4.78 is 8.39. The van der Waals surface area contributed by atoms with Crippen LogP contribution in [0.2, 0.25) is 0 Å². The van der Waals surface area contributed by atoms with Crippen molar-refractivity contribution >= 4 is 44.4 Å². The van der Waals surface area contributed by atoms with Gasteiger partial charge in [0.05, 0.1) is 40.8 Å². The topological polar surface area (TPSA) is 80.5 Å². The summed E-state index contributed by atoms with van der Waals surface area (Å²) in [5, 5.41) is 7.82. The Balaban J connectivity index is 1.30. The van der Waals surface area contributed by atoms with Crippen molar-refractivity contribution in [3.05, 3.63) is 60.5 Å². The molecule has 0 bridgehead atoms. The average molecular weight is 430 g/mol. The molecular weight excluding hydrogens is 410 g/mol. The predicted octanol–water partition coefficient (Wildman–Crippen LogP) is 3.98. The van der Waals surface area contributed by atoms with Gasteiger partial charge in [0.15, 0.2) is 11.5 Å². The highest BCUT2D eigenvalue weighted by molar-refractivity contribution is 7.16. The van der Waals surface area contributed by atoms with Crippen molar-refractivity contribution in [2.24, 2.45) is 0 Å². The number of fused-ring (bicyclic) bond motifs is 2. The summed E-state index contributed by atoms with van der Waals surface area (Å²) in [7, 11) is 0. The van der Waals surface area contributed by atoms with Gasteiger partial charge in [0.25, 0.3) is 0 Å². The Bertz CT molecular complexity index is 1360. The quantitative estimate of drug-likeness (QED) is 0.463. The Kier molecular flexibility index (Phi) is 4.47. The molecule has 0 atom stereocenters. The number of morpholine rings is 1. The summed E-state index contributed by atoms with van der Waals surface area (Å²) in [4.78, 5) is 15.8. The molecule has 2 aromatic carbocycles. The molecular formula is C22H19N7OS. The van der Waals surface area contributed by atoms with E-state index in [-0.39, 0.29) is 0 Å². The van der Waals surface area contributed by atoms with Crippen molar-refractivity contribution in [2.75, 3.05) is 36.5 Å². The van der Waals surface area contributed by atoms with E-state index in [0.717, 1.165) is 53.5 Å². The van der Waals surface area contributed by atoms with Gasteiger partial charge in [0.1, 0.15) is 6.33 Å². The minimum atomic E-state index is 0.666. The molecule has 0 spiro atoms. The van der Waals surface area contributed by atoms with Crippen LogP contribution in [0.3, 0.4) is 0 Å². The van der Waals surface area contributed by atoms with Gasteiger partial charge in [-0.3, -0.25) is 0 Å². The molecule has 3 aromatic heterocycles. The minimum Gasteiger partial charge on any atom is -0.378 e. The Morgan fingerprint density at radius 1 is 0.968 bits per heavy atom. The van der Waals surface area contributed by atoms with Crippen molar-refractivity contribution in [3.63, 3.8) is 0 Å². The van der Waals surface area contributed by atoms with Gasteiger partial charge in [-0.1, -0.05) is 6.07 Å². The molecule has 31 heavy (non-hydrogen) atoms. The lowest BCUT2D eigenvalue weighted by atomic mass is 10.1. The van der Waals surface area contributed by atoms with Gasteiger partial charge in [-0.2, -0.15) is 5.10 Å². The number of ether oxygens (including phenoxy) is 1. The number of nitrogens with zero attached hydrogens (tertiary/aromatic N) is 6. The Morgan fingerprint density at radius 3 is 2.71 bits per heavy atom. The van der Waals surface area contributed by atoms with E-state index in [9.17, 15) is 0 Å². The zero-order valence-electron chi connectivity index (χ0n) is 16.6. The third kappa shape index (κ3) is 3.37. The van der Waals surface area contributed by atoms with Crippen LogP contribution in [0, 0.1) is 0 Å². The highest BCUT2D eigenvalue weighted by Gasteiger charge is 2.14. The van der Waals surface area contributed by atoms with Crippen LogP contribution in [0.5, 0.6) is 0 Å². The van der Waals surface area contributed by atoms with E-state index in [1.165, 1.54) is 5.69 Å². The smallest absolute Gasteiger partial charge is 0.199 e. The van der Waals surface area contributed by atoms with Crippen molar-refractivity contribution in [1.29, 1.82) is 0 Å². The summed E-state index contributed by atoms with van der Waals surface area (Å²) in [6.07, 6.45) is 3.38. The number of anilines is 3. The third-order valence-electron chi connectivity index (χ3n) is 5.44. The number of thiazole rings is 1. The Morgan fingerprint density at radius 2 is 1.84 bits per heavy atom. The first-order chi connectivity index (χ1) is 15.3. The Hall–Kier alpha value is -3.56. The van der Waals surface area contributed by atoms with Gasteiger partial charge in [-0.05, 0) is 36.4 Å². The molecule has 8 nitrogen and oxygen atoms in total. The Labute approximate surface area is 182 Å². The number of hydrogen-bond acceptors (Lipinski definition) is 8. The second-order valence-corrected chi connectivity index (χ2v) is 8.18. The second kappa shape index (κ2) is 7.60. The van der Waals surface area contributed by atoms with E-state index >= 15 is 0 Å². The molecule has 1 N–H and O–H groups in total. The molecule has 0 radical (unpaired) electrons. The molecule has 0 saturated carbocycles. The van der Waals surface area contributed by atoms with Crippen LogP contribution in [0.1, 0.15) is 0 Å². The maximum Gasteiger partial charge on any atom is 0.199 e. The molecule has 9 heteroatoms. The van der Waals surface area contributed by atoms with Gasteiger partial charge < -0.3 is 15.0 Å². The van der Waals surface area contributed by atoms with Gasteiger partial charge in [0, 0.05) is 30.0 Å². The standard InChI is InChI=1S/C22H19N7OS/c1-6-18-20(31-14-25-18)11-15(1)19-12-23-21(22-24-13-26-29(19)22)27-16-2-4-17(5-3-16)28-7-9-30-10-8-28/h1-6,11-14H,7-10H2,(H,23,27). The van der Waals surface area contributed by atoms with Crippen molar-refractivity contribution < 1.29 is 4.74 Å². The number of nitrogens with one attached hydrogen (secondary N) is 1. The second-order valence-electron chi connectivity index (χ2n) is 7.29. The van der Waals surface area contributed by atoms with E-state index in [1.807, 2.05) is 28.4 Å². The molecule has 5 aromatic rings. The van der Waals surface area contributed by atoms with Crippen LogP contribution in [-0.4, -0.2) is 50.9 Å². The highest BCUT2D eigenvalue weighted by atomic mass is 32.1. The summed E-state index contributed by atoms with van der Waals surface area (Å²) in [5.74, 6) is 0.666. The first-order valence-electron chi connectivity index (χ1n) is 10.1. The molecule has 1 aliphatic rings. The lowest BCUT2D eigenvalue weighted by Crippen LogP contribution is -2.36.